The van der Waals surface area contributed by atoms with Crippen molar-refractivity contribution in [2.45, 2.75) is 76.2 Å². The highest BCUT2D eigenvalue weighted by atomic mass is 32.2. The summed E-state index contributed by atoms with van der Waals surface area (Å²) >= 11 is 1.55. The average molecular weight is 476 g/mol. The van der Waals surface area contributed by atoms with Crippen molar-refractivity contribution in [1.29, 1.82) is 0 Å². The summed E-state index contributed by atoms with van der Waals surface area (Å²) in [6.07, 6.45) is 0.586. The normalized spacial score (nSPS) is 23.5. The first-order valence-electron chi connectivity index (χ1n) is 11.3. The second-order valence-corrected chi connectivity index (χ2v) is 11.5. The van der Waals surface area contributed by atoms with Gasteiger partial charge in [-0.2, -0.15) is 0 Å². The van der Waals surface area contributed by atoms with Crippen LogP contribution in [0.2, 0.25) is 0 Å². The molecule has 180 valence electrons. The molecule has 0 radical (unpaired) electrons. The summed E-state index contributed by atoms with van der Waals surface area (Å²) in [6, 6.07) is 4.62. The number of nitrogens with zero attached hydrogens (tertiary/aromatic N) is 1. The Kier molecular flexibility index (Phi) is 7.12. The number of carbonyl (C=O) groups is 4. The summed E-state index contributed by atoms with van der Waals surface area (Å²) < 4.78 is -0.573. The Morgan fingerprint density at radius 1 is 1.12 bits per heavy atom. The first-order chi connectivity index (χ1) is 15.4. The van der Waals surface area contributed by atoms with Gasteiger partial charge in [0.2, 0.25) is 11.8 Å². The van der Waals surface area contributed by atoms with Crippen LogP contribution in [0.3, 0.4) is 0 Å². The van der Waals surface area contributed by atoms with Crippen molar-refractivity contribution in [3.05, 3.63) is 35.4 Å². The lowest BCUT2D eigenvalue weighted by molar-refractivity contribution is -0.144. The molecule has 2 heterocycles. The number of amides is 3. The number of hydrogen-bond acceptors (Lipinski definition) is 5. The van der Waals surface area contributed by atoms with E-state index in [-0.39, 0.29) is 23.1 Å². The lowest BCUT2D eigenvalue weighted by atomic mass is 9.96. The Bertz CT molecular complexity index is 963. The number of hydrogen-bond donors (Lipinski definition) is 3. The first kappa shape index (κ1) is 25.1. The number of carboxylic acids is 1. The highest BCUT2D eigenvalue weighted by molar-refractivity contribution is 8.01. The van der Waals surface area contributed by atoms with E-state index in [1.807, 2.05) is 32.9 Å². The predicted molar refractivity (Wildman–Crippen MR) is 127 cm³/mol. The number of rotatable bonds is 8. The predicted octanol–water partition coefficient (Wildman–Crippen LogP) is 2.79. The number of carbonyl (C=O) groups excluding carboxylic acids is 3. The molecule has 1 saturated heterocycles. The molecule has 0 aliphatic carbocycles. The fourth-order valence-corrected chi connectivity index (χ4v) is 6.09. The number of thioether (sulfide) groups is 1. The molecule has 1 fully saturated rings. The van der Waals surface area contributed by atoms with E-state index in [4.69, 9.17) is 0 Å². The van der Waals surface area contributed by atoms with Crippen LogP contribution in [-0.2, 0) is 14.4 Å². The van der Waals surface area contributed by atoms with Gasteiger partial charge in [-0.05, 0) is 37.3 Å². The third kappa shape index (κ3) is 4.60. The topological polar surface area (TPSA) is 116 Å². The van der Waals surface area contributed by atoms with Crippen molar-refractivity contribution in [2.75, 3.05) is 0 Å². The molecule has 8 nitrogen and oxygen atoms in total. The molecule has 0 saturated carbocycles. The summed E-state index contributed by atoms with van der Waals surface area (Å²) in [4.78, 5) is 53.0. The van der Waals surface area contributed by atoms with E-state index in [0.717, 1.165) is 5.56 Å². The van der Waals surface area contributed by atoms with E-state index in [0.29, 0.717) is 12.0 Å². The molecule has 0 bridgehead atoms. The maximum atomic E-state index is 13.5. The van der Waals surface area contributed by atoms with Gasteiger partial charge in [-0.15, -0.1) is 11.8 Å². The molecule has 0 unspecified atom stereocenters. The fraction of sp³-hybridized carbons (Fsp3) is 0.583. The lowest BCUT2D eigenvalue weighted by Crippen LogP contribution is -2.60. The largest absolute Gasteiger partial charge is 0.480 e. The molecular formula is C24H33N3O5S. The van der Waals surface area contributed by atoms with Crippen molar-refractivity contribution >= 4 is 35.5 Å². The second kappa shape index (κ2) is 9.37. The van der Waals surface area contributed by atoms with Crippen molar-refractivity contribution in [1.82, 2.24) is 15.5 Å². The lowest BCUT2D eigenvalue weighted by Gasteiger charge is -2.32. The Morgan fingerprint density at radius 2 is 1.76 bits per heavy atom. The van der Waals surface area contributed by atoms with E-state index in [2.05, 4.69) is 10.6 Å². The molecule has 5 atom stereocenters. The number of carboxylic acid groups (broad SMARTS) is 1. The maximum Gasteiger partial charge on any atom is 0.326 e. The van der Waals surface area contributed by atoms with Crippen LogP contribution in [0.5, 0.6) is 0 Å². The molecule has 1 aromatic rings. The quantitative estimate of drug-likeness (QED) is 0.533. The molecule has 0 spiro atoms. The maximum absolute atomic E-state index is 13.5. The SMILES string of the molecule is CC[C@@H](C)[C@H](NC(=O)[C@@H](NC(=O)[C@H]1N2C(=O)c3ccccc3[C@@H]2SC1(C)C)C(C)C)C(=O)O. The highest BCUT2D eigenvalue weighted by Gasteiger charge is 2.57. The number of aliphatic carboxylic acids is 1. The average Bonchev–Trinajstić information content (AvgIpc) is 3.18. The van der Waals surface area contributed by atoms with E-state index in [1.165, 1.54) is 0 Å². The molecule has 3 N–H and O–H groups in total. The van der Waals surface area contributed by atoms with Crippen LogP contribution in [0, 0.1) is 11.8 Å². The van der Waals surface area contributed by atoms with Gasteiger partial charge in [0.1, 0.15) is 23.5 Å². The van der Waals surface area contributed by atoms with Gasteiger partial charge in [-0.1, -0.05) is 52.3 Å². The van der Waals surface area contributed by atoms with Crippen molar-refractivity contribution in [3.8, 4) is 0 Å². The van der Waals surface area contributed by atoms with Crippen LogP contribution in [0.15, 0.2) is 24.3 Å². The zero-order valence-electron chi connectivity index (χ0n) is 19.9. The van der Waals surface area contributed by atoms with Gasteiger partial charge in [0.25, 0.3) is 5.91 Å². The van der Waals surface area contributed by atoms with E-state index in [1.54, 1.807) is 49.6 Å². The van der Waals surface area contributed by atoms with Crippen LogP contribution in [-0.4, -0.2) is 56.6 Å². The van der Waals surface area contributed by atoms with Gasteiger partial charge >= 0.3 is 5.97 Å². The van der Waals surface area contributed by atoms with Gasteiger partial charge in [-0.3, -0.25) is 14.4 Å². The molecule has 9 heteroatoms. The van der Waals surface area contributed by atoms with Crippen molar-refractivity contribution in [3.63, 3.8) is 0 Å². The Hall–Kier alpha value is -2.55. The third-order valence-corrected chi connectivity index (χ3v) is 8.10. The minimum atomic E-state index is -1.11. The summed E-state index contributed by atoms with van der Waals surface area (Å²) in [5, 5.41) is 14.7. The summed E-state index contributed by atoms with van der Waals surface area (Å²) in [5.41, 5.74) is 1.49. The van der Waals surface area contributed by atoms with Crippen LogP contribution in [0.4, 0.5) is 0 Å². The molecule has 0 aromatic heterocycles. The first-order valence-corrected chi connectivity index (χ1v) is 12.2. The summed E-state index contributed by atoms with van der Waals surface area (Å²) in [5.74, 6) is -2.80. The molecule has 3 rings (SSSR count). The molecule has 2 aliphatic heterocycles. The van der Waals surface area contributed by atoms with Crippen molar-refractivity contribution in [2.24, 2.45) is 11.8 Å². The minimum Gasteiger partial charge on any atom is -0.480 e. The molecular weight excluding hydrogens is 442 g/mol. The fourth-order valence-electron chi connectivity index (χ4n) is 4.50. The number of nitrogens with one attached hydrogen (secondary N) is 2. The standard InChI is InChI=1S/C24H33N3O5S/c1-7-13(4)17(23(31)32)26-19(28)16(12(2)3)25-20(29)18-24(5,6)33-22-15-11-9-8-10-14(15)21(30)27(18)22/h8-13,16-18,22H,7H2,1-6H3,(H,25,29)(H,26,28)(H,31,32)/t13-,16+,17+,18-,22+/m1/s1. The van der Waals surface area contributed by atoms with Crippen LogP contribution in [0.1, 0.15) is 69.3 Å². The van der Waals surface area contributed by atoms with Gasteiger partial charge in [0, 0.05) is 10.3 Å². The van der Waals surface area contributed by atoms with Gasteiger partial charge in [0.15, 0.2) is 0 Å². The van der Waals surface area contributed by atoms with Gasteiger partial charge < -0.3 is 20.6 Å². The smallest absolute Gasteiger partial charge is 0.326 e. The molecule has 33 heavy (non-hydrogen) atoms. The van der Waals surface area contributed by atoms with Gasteiger partial charge in [0.05, 0.1) is 0 Å². The number of benzene rings is 1. The Balaban J connectivity index is 1.82. The number of fused-ring (bicyclic) bond motifs is 3. The third-order valence-electron chi connectivity index (χ3n) is 6.57. The Labute approximate surface area is 198 Å². The van der Waals surface area contributed by atoms with E-state index in [9.17, 15) is 24.3 Å². The zero-order chi connectivity index (χ0) is 24.7. The zero-order valence-corrected chi connectivity index (χ0v) is 20.7. The van der Waals surface area contributed by atoms with Crippen LogP contribution in [0.25, 0.3) is 0 Å². The van der Waals surface area contributed by atoms with Gasteiger partial charge in [-0.25, -0.2) is 4.79 Å². The van der Waals surface area contributed by atoms with Crippen LogP contribution >= 0.6 is 11.8 Å². The molecule has 3 amide bonds. The summed E-state index contributed by atoms with van der Waals surface area (Å²) in [7, 11) is 0. The second-order valence-electron chi connectivity index (χ2n) is 9.72. The summed E-state index contributed by atoms with van der Waals surface area (Å²) in [6.45, 7) is 11.0. The highest BCUT2D eigenvalue weighted by Crippen LogP contribution is 2.56. The monoisotopic (exact) mass is 475 g/mol. The molecule has 1 aromatic carbocycles. The van der Waals surface area contributed by atoms with Crippen molar-refractivity contribution < 1.29 is 24.3 Å². The van der Waals surface area contributed by atoms with E-state index >= 15 is 0 Å². The Morgan fingerprint density at radius 3 is 2.33 bits per heavy atom. The van der Waals surface area contributed by atoms with E-state index < -0.39 is 40.7 Å². The van der Waals surface area contributed by atoms with Crippen LogP contribution < -0.4 is 10.6 Å². The molecule has 2 aliphatic rings. The minimum absolute atomic E-state index is 0.193.